The number of carbonyl (C=O) groups excluding carboxylic acids is 2. The lowest BCUT2D eigenvalue weighted by Crippen LogP contribution is -2.42. The molecule has 6 heteroatoms. The second-order valence-electron chi connectivity index (χ2n) is 7.67. The van der Waals surface area contributed by atoms with Gasteiger partial charge in [-0.25, -0.2) is 9.59 Å². The number of benzene rings is 1. The van der Waals surface area contributed by atoms with E-state index in [4.69, 9.17) is 9.47 Å². The SMILES string of the molecule is CC(C)C(=O)OC(C(C)C)C(C)(C)COC(=O)c1ccccc1C(=O)O. The van der Waals surface area contributed by atoms with Crippen LogP contribution >= 0.6 is 0 Å². The zero-order chi connectivity index (χ0) is 20.1. The topological polar surface area (TPSA) is 89.9 Å². The first-order chi connectivity index (χ1) is 12.0. The number of carboxylic acids is 1. The number of ether oxygens (including phenoxy) is 2. The average molecular weight is 364 g/mol. The highest BCUT2D eigenvalue weighted by atomic mass is 16.6. The van der Waals surface area contributed by atoms with Crippen molar-refractivity contribution in [2.45, 2.75) is 47.6 Å². The first-order valence-corrected chi connectivity index (χ1v) is 8.67. The van der Waals surface area contributed by atoms with E-state index in [-0.39, 0.29) is 35.5 Å². The first-order valence-electron chi connectivity index (χ1n) is 8.67. The van der Waals surface area contributed by atoms with Crippen molar-refractivity contribution in [3.8, 4) is 0 Å². The van der Waals surface area contributed by atoms with Gasteiger partial charge in [0.2, 0.25) is 0 Å². The summed E-state index contributed by atoms with van der Waals surface area (Å²) in [5.41, 5.74) is -0.745. The lowest BCUT2D eigenvalue weighted by atomic mass is 9.81. The van der Waals surface area contributed by atoms with E-state index >= 15 is 0 Å². The van der Waals surface area contributed by atoms with Gasteiger partial charge in [-0.1, -0.05) is 53.7 Å². The van der Waals surface area contributed by atoms with Crippen LogP contribution in [0, 0.1) is 17.3 Å². The van der Waals surface area contributed by atoms with E-state index in [0.717, 1.165) is 0 Å². The fraction of sp³-hybridized carbons (Fsp3) is 0.550. The van der Waals surface area contributed by atoms with Crippen LogP contribution in [-0.2, 0) is 14.3 Å². The predicted octanol–water partition coefficient (Wildman–Crippen LogP) is 3.79. The predicted molar refractivity (Wildman–Crippen MR) is 97.0 cm³/mol. The molecule has 0 aliphatic carbocycles. The van der Waals surface area contributed by atoms with Gasteiger partial charge >= 0.3 is 17.9 Å². The molecule has 0 saturated heterocycles. The Morgan fingerprint density at radius 2 is 1.58 bits per heavy atom. The van der Waals surface area contributed by atoms with Crippen LogP contribution in [-0.4, -0.2) is 35.7 Å². The smallest absolute Gasteiger partial charge is 0.339 e. The molecule has 144 valence electrons. The first kappa shape index (κ1) is 21.7. The minimum atomic E-state index is -1.19. The molecule has 0 spiro atoms. The van der Waals surface area contributed by atoms with Crippen molar-refractivity contribution in [3.05, 3.63) is 35.4 Å². The minimum absolute atomic E-state index is 0.00364. The summed E-state index contributed by atoms with van der Waals surface area (Å²) in [4.78, 5) is 35.6. The Hall–Kier alpha value is -2.37. The third-order valence-electron chi connectivity index (χ3n) is 4.04. The van der Waals surface area contributed by atoms with E-state index in [9.17, 15) is 19.5 Å². The largest absolute Gasteiger partial charge is 0.478 e. The van der Waals surface area contributed by atoms with Crippen molar-refractivity contribution in [3.63, 3.8) is 0 Å². The summed E-state index contributed by atoms with van der Waals surface area (Å²) in [5, 5.41) is 9.19. The summed E-state index contributed by atoms with van der Waals surface area (Å²) < 4.78 is 11.0. The molecule has 1 aromatic rings. The van der Waals surface area contributed by atoms with Crippen molar-refractivity contribution in [1.82, 2.24) is 0 Å². The van der Waals surface area contributed by atoms with Gasteiger partial charge in [0.25, 0.3) is 0 Å². The molecule has 0 bridgehead atoms. The zero-order valence-corrected chi connectivity index (χ0v) is 16.2. The van der Waals surface area contributed by atoms with Crippen molar-refractivity contribution >= 4 is 17.9 Å². The maximum atomic E-state index is 12.3. The van der Waals surface area contributed by atoms with Crippen molar-refractivity contribution in [2.24, 2.45) is 17.3 Å². The van der Waals surface area contributed by atoms with Gasteiger partial charge in [0, 0.05) is 5.41 Å². The Labute approximate surface area is 154 Å². The molecular weight excluding hydrogens is 336 g/mol. The number of aromatic carboxylic acids is 1. The van der Waals surface area contributed by atoms with Crippen molar-refractivity contribution in [2.75, 3.05) is 6.61 Å². The summed E-state index contributed by atoms with van der Waals surface area (Å²) >= 11 is 0. The van der Waals surface area contributed by atoms with Gasteiger partial charge in [-0.15, -0.1) is 0 Å². The van der Waals surface area contributed by atoms with E-state index < -0.39 is 23.5 Å². The Kier molecular flexibility index (Phi) is 7.36. The number of rotatable bonds is 8. The molecule has 0 radical (unpaired) electrons. The van der Waals surface area contributed by atoms with E-state index in [0.29, 0.717) is 0 Å². The molecule has 1 rings (SSSR count). The molecule has 0 aliphatic heterocycles. The van der Waals surface area contributed by atoms with Gasteiger partial charge in [0.05, 0.1) is 17.0 Å². The van der Waals surface area contributed by atoms with Gasteiger partial charge in [-0.3, -0.25) is 4.79 Å². The standard InChI is InChI=1S/C20H28O6/c1-12(2)16(26-18(23)13(3)4)20(5,6)11-25-19(24)15-10-8-7-9-14(15)17(21)22/h7-10,12-13,16H,11H2,1-6H3,(H,21,22). The van der Waals surface area contributed by atoms with E-state index in [2.05, 4.69) is 0 Å². The molecule has 1 aromatic carbocycles. The molecule has 0 amide bonds. The van der Waals surface area contributed by atoms with Gasteiger partial charge < -0.3 is 14.6 Å². The molecule has 0 aromatic heterocycles. The Bertz CT molecular complexity index is 660. The maximum absolute atomic E-state index is 12.3. The van der Waals surface area contributed by atoms with Crippen LogP contribution < -0.4 is 0 Å². The fourth-order valence-corrected chi connectivity index (χ4v) is 2.72. The molecule has 1 atom stereocenters. The second-order valence-corrected chi connectivity index (χ2v) is 7.67. The molecule has 1 unspecified atom stereocenters. The lowest BCUT2D eigenvalue weighted by Gasteiger charge is -2.36. The molecule has 6 nitrogen and oxygen atoms in total. The summed E-state index contributed by atoms with van der Waals surface area (Å²) in [6.07, 6.45) is -0.445. The number of hydrogen-bond donors (Lipinski definition) is 1. The normalized spacial score (nSPS) is 12.8. The van der Waals surface area contributed by atoms with Crippen molar-refractivity contribution < 1.29 is 29.0 Å². The minimum Gasteiger partial charge on any atom is -0.478 e. The number of esters is 2. The van der Waals surface area contributed by atoms with Crippen LogP contribution in [0.4, 0.5) is 0 Å². The maximum Gasteiger partial charge on any atom is 0.339 e. The number of hydrogen-bond acceptors (Lipinski definition) is 5. The zero-order valence-electron chi connectivity index (χ0n) is 16.2. The van der Waals surface area contributed by atoms with Crippen LogP contribution in [0.1, 0.15) is 62.3 Å². The Morgan fingerprint density at radius 3 is 2.04 bits per heavy atom. The van der Waals surface area contributed by atoms with Crippen molar-refractivity contribution in [1.29, 1.82) is 0 Å². The third kappa shape index (κ3) is 5.58. The number of carboxylic acid groups (broad SMARTS) is 1. The van der Waals surface area contributed by atoms with Gasteiger partial charge in [-0.2, -0.15) is 0 Å². The van der Waals surface area contributed by atoms with E-state index in [1.807, 2.05) is 27.7 Å². The molecule has 26 heavy (non-hydrogen) atoms. The second kappa shape index (κ2) is 8.83. The monoisotopic (exact) mass is 364 g/mol. The summed E-state index contributed by atoms with van der Waals surface area (Å²) in [6.45, 7) is 11.1. The fourth-order valence-electron chi connectivity index (χ4n) is 2.72. The molecule has 1 N–H and O–H groups in total. The highest BCUT2D eigenvalue weighted by Crippen LogP contribution is 2.30. The highest BCUT2D eigenvalue weighted by Gasteiger charge is 2.37. The summed E-state index contributed by atoms with van der Waals surface area (Å²) in [7, 11) is 0. The molecule has 0 fully saturated rings. The molecule has 0 saturated carbocycles. The highest BCUT2D eigenvalue weighted by molar-refractivity contribution is 6.02. The molecular formula is C20H28O6. The number of carbonyl (C=O) groups is 3. The molecule has 0 heterocycles. The van der Waals surface area contributed by atoms with Gasteiger partial charge in [0.1, 0.15) is 12.7 Å². The summed E-state index contributed by atoms with van der Waals surface area (Å²) in [6, 6.07) is 5.89. The van der Waals surface area contributed by atoms with Crippen LogP contribution in [0.3, 0.4) is 0 Å². The van der Waals surface area contributed by atoms with Crippen LogP contribution in [0.2, 0.25) is 0 Å². The Balaban J connectivity index is 2.90. The Morgan fingerprint density at radius 1 is 1.04 bits per heavy atom. The van der Waals surface area contributed by atoms with E-state index in [1.54, 1.807) is 26.0 Å². The van der Waals surface area contributed by atoms with Gasteiger partial charge in [-0.05, 0) is 18.1 Å². The van der Waals surface area contributed by atoms with Crippen LogP contribution in [0.5, 0.6) is 0 Å². The third-order valence-corrected chi connectivity index (χ3v) is 4.04. The molecule has 0 aliphatic rings. The van der Waals surface area contributed by atoms with E-state index in [1.165, 1.54) is 12.1 Å². The van der Waals surface area contributed by atoms with Crippen LogP contribution in [0.15, 0.2) is 24.3 Å². The summed E-state index contributed by atoms with van der Waals surface area (Å²) in [5.74, 6) is -2.44. The van der Waals surface area contributed by atoms with Gasteiger partial charge in [0.15, 0.2) is 0 Å². The average Bonchev–Trinajstić information content (AvgIpc) is 2.56. The quantitative estimate of drug-likeness (QED) is 0.706. The van der Waals surface area contributed by atoms with Crippen LogP contribution in [0.25, 0.3) is 0 Å². The lowest BCUT2D eigenvalue weighted by molar-refractivity contribution is -0.164.